The van der Waals surface area contributed by atoms with Crippen molar-refractivity contribution in [1.82, 2.24) is 4.90 Å². The molecule has 0 spiro atoms. The SMILES string of the molecule is Cc1cccc(-c2cccc3c2OC(CN(Cc2ccccc2)C(=O)O)C3)c1. The zero-order chi connectivity index (χ0) is 19.5. The van der Waals surface area contributed by atoms with Gasteiger partial charge in [0.25, 0.3) is 0 Å². The third kappa shape index (κ3) is 3.86. The summed E-state index contributed by atoms with van der Waals surface area (Å²) < 4.78 is 6.25. The minimum atomic E-state index is -0.928. The lowest BCUT2D eigenvalue weighted by molar-refractivity contribution is 0.113. The van der Waals surface area contributed by atoms with Crippen molar-refractivity contribution < 1.29 is 14.6 Å². The molecule has 1 aliphatic rings. The Kier molecular flexibility index (Phi) is 5.02. The first-order valence-electron chi connectivity index (χ1n) is 9.47. The van der Waals surface area contributed by atoms with Crippen molar-refractivity contribution in [2.45, 2.75) is 26.0 Å². The van der Waals surface area contributed by atoms with Crippen molar-refractivity contribution in [3.05, 3.63) is 89.5 Å². The number of benzene rings is 3. The van der Waals surface area contributed by atoms with E-state index in [1.54, 1.807) is 0 Å². The van der Waals surface area contributed by atoms with Gasteiger partial charge in [-0.25, -0.2) is 4.79 Å². The molecule has 1 aliphatic heterocycles. The predicted molar refractivity (Wildman–Crippen MR) is 110 cm³/mol. The van der Waals surface area contributed by atoms with Crippen LogP contribution in [-0.4, -0.2) is 28.7 Å². The van der Waals surface area contributed by atoms with E-state index in [1.165, 1.54) is 10.5 Å². The molecule has 0 bridgehead atoms. The number of amides is 1. The van der Waals surface area contributed by atoms with Crippen molar-refractivity contribution >= 4 is 6.09 Å². The average molecular weight is 373 g/mol. The number of hydrogen-bond donors (Lipinski definition) is 1. The molecule has 1 amide bonds. The second-order valence-corrected chi connectivity index (χ2v) is 7.26. The van der Waals surface area contributed by atoms with E-state index in [0.717, 1.165) is 28.0 Å². The van der Waals surface area contributed by atoms with Crippen LogP contribution in [0.4, 0.5) is 4.79 Å². The molecular formula is C24H23NO3. The average Bonchev–Trinajstić information content (AvgIpc) is 3.11. The molecule has 0 radical (unpaired) electrons. The molecular weight excluding hydrogens is 350 g/mol. The van der Waals surface area contributed by atoms with Gasteiger partial charge in [-0.15, -0.1) is 0 Å². The van der Waals surface area contributed by atoms with Crippen molar-refractivity contribution in [3.63, 3.8) is 0 Å². The van der Waals surface area contributed by atoms with Gasteiger partial charge >= 0.3 is 6.09 Å². The maximum Gasteiger partial charge on any atom is 0.407 e. The van der Waals surface area contributed by atoms with Crippen LogP contribution in [0.2, 0.25) is 0 Å². The molecule has 0 fully saturated rings. The maximum absolute atomic E-state index is 11.8. The van der Waals surface area contributed by atoms with E-state index >= 15 is 0 Å². The summed E-state index contributed by atoms with van der Waals surface area (Å²) in [5.41, 5.74) is 5.49. The van der Waals surface area contributed by atoms with E-state index in [9.17, 15) is 9.90 Å². The molecule has 0 saturated heterocycles. The summed E-state index contributed by atoms with van der Waals surface area (Å²) in [6.45, 7) is 2.77. The van der Waals surface area contributed by atoms with E-state index in [2.05, 4.69) is 37.3 Å². The Morgan fingerprint density at radius 1 is 1.07 bits per heavy atom. The van der Waals surface area contributed by atoms with E-state index in [0.29, 0.717) is 19.5 Å². The largest absolute Gasteiger partial charge is 0.487 e. The standard InChI is InChI=1S/C24H23NO3/c1-17-7-5-10-19(13-17)22-12-6-11-20-14-21(28-23(20)22)16-25(24(26)27)15-18-8-3-2-4-9-18/h2-13,21H,14-16H2,1H3,(H,26,27). The van der Waals surface area contributed by atoms with Gasteiger partial charge < -0.3 is 14.7 Å². The van der Waals surface area contributed by atoms with E-state index < -0.39 is 6.09 Å². The molecule has 4 heteroatoms. The Hall–Kier alpha value is -3.27. The van der Waals surface area contributed by atoms with E-state index in [4.69, 9.17) is 4.74 Å². The van der Waals surface area contributed by atoms with Crippen LogP contribution < -0.4 is 4.74 Å². The van der Waals surface area contributed by atoms with Crippen molar-refractivity contribution in [2.24, 2.45) is 0 Å². The lowest BCUT2D eigenvalue weighted by Crippen LogP contribution is -2.37. The van der Waals surface area contributed by atoms with Crippen LogP contribution in [0.3, 0.4) is 0 Å². The molecule has 4 nitrogen and oxygen atoms in total. The first-order valence-corrected chi connectivity index (χ1v) is 9.47. The molecule has 3 aromatic carbocycles. The monoisotopic (exact) mass is 373 g/mol. The highest BCUT2D eigenvalue weighted by molar-refractivity contribution is 5.73. The molecule has 1 heterocycles. The van der Waals surface area contributed by atoms with Crippen LogP contribution in [-0.2, 0) is 13.0 Å². The molecule has 1 atom stereocenters. The highest BCUT2D eigenvalue weighted by atomic mass is 16.5. The number of hydrogen-bond acceptors (Lipinski definition) is 2. The molecule has 0 saturated carbocycles. The van der Waals surface area contributed by atoms with Crippen LogP contribution in [0.25, 0.3) is 11.1 Å². The van der Waals surface area contributed by atoms with Crippen LogP contribution in [0.1, 0.15) is 16.7 Å². The van der Waals surface area contributed by atoms with Gasteiger partial charge in [-0.1, -0.05) is 78.4 Å². The predicted octanol–water partition coefficient (Wildman–Crippen LogP) is 5.15. The first kappa shape index (κ1) is 18.1. The summed E-state index contributed by atoms with van der Waals surface area (Å²) >= 11 is 0. The molecule has 1 N–H and O–H groups in total. The number of ether oxygens (including phenoxy) is 1. The Labute approximate surface area is 165 Å². The van der Waals surface area contributed by atoms with Crippen molar-refractivity contribution in [3.8, 4) is 16.9 Å². The highest BCUT2D eigenvalue weighted by Crippen LogP contribution is 2.39. The topological polar surface area (TPSA) is 49.8 Å². The summed E-state index contributed by atoms with van der Waals surface area (Å²) in [6.07, 6.45) is -0.392. The third-order valence-electron chi connectivity index (χ3n) is 5.07. The van der Waals surface area contributed by atoms with E-state index in [-0.39, 0.29) is 6.10 Å². The van der Waals surface area contributed by atoms with Crippen molar-refractivity contribution in [1.29, 1.82) is 0 Å². The fourth-order valence-electron chi connectivity index (χ4n) is 3.74. The van der Waals surface area contributed by atoms with Gasteiger partial charge in [0, 0.05) is 18.5 Å². The number of rotatable bonds is 5. The number of fused-ring (bicyclic) bond motifs is 1. The molecule has 4 rings (SSSR count). The number of aryl methyl sites for hydroxylation is 1. The summed E-state index contributed by atoms with van der Waals surface area (Å²) in [7, 11) is 0. The minimum absolute atomic E-state index is 0.180. The van der Waals surface area contributed by atoms with Gasteiger partial charge in [-0.05, 0) is 23.6 Å². The van der Waals surface area contributed by atoms with Gasteiger partial charge in [-0.3, -0.25) is 0 Å². The maximum atomic E-state index is 11.8. The lowest BCUT2D eigenvalue weighted by atomic mass is 9.99. The number of para-hydroxylation sites is 1. The minimum Gasteiger partial charge on any atom is -0.487 e. The summed E-state index contributed by atoms with van der Waals surface area (Å²) in [6, 6.07) is 24.2. The summed E-state index contributed by atoms with van der Waals surface area (Å²) in [5.74, 6) is 0.878. The summed E-state index contributed by atoms with van der Waals surface area (Å²) in [4.78, 5) is 13.2. The zero-order valence-corrected chi connectivity index (χ0v) is 15.8. The first-order chi connectivity index (χ1) is 13.6. The van der Waals surface area contributed by atoms with Crippen LogP contribution >= 0.6 is 0 Å². The second-order valence-electron chi connectivity index (χ2n) is 7.26. The van der Waals surface area contributed by atoms with Gasteiger partial charge in [0.1, 0.15) is 11.9 Å². The molecule has 142 valence electrons. The lowest BCUT2D eigenvalue weighted by Gasteiger charge is -2.23. The molecule has 1 unspecified atom stereocenters. The van der Waals surface area contributed by atoms with Gasteiger partial charge in [-0.2, -0.15) is 0 Å². The Balaban J connectivity index is 1.53. The van der Waals surface area contributed by atoms with E-state index in [1.807, 2.05) is 42.5 Å². The van der Waals surface area contributed by atoms with Gasteiger partial charge in [0.2, 0.25) is 0 Å². The van der Waals surface area contributed by atoms with Crippen LogP contribution in [0.5, 0.6) is 5.75 Å². The van der Waals surface area contributed by atoms with Crippen molar-refractivity contribution in [2.75, 3.05) is 6.54 Å². The number of carboxylic acid groups (broad SMARTS) is 1. The smallest absolute Gasteiger partial charge is 0.407 e. The molecule has 3 aromatic rings. The zero-order valence-electron chi connectivity index (χ0n) is 15.8. The second kappa shape index (κ2) is 7.77. The quantitative estimate of drug-likeness (QED) is 0.673. The van der Waals surface area contributed by atoms with Gasteiger partial charge in [0.05, 0.1) is 6.54 Å². The van der Waals surface area contributed by atoms with Crippen LogP contribution in [0, 0.1) is 6.92 Å². The highest BCUT2D eigenvalue weighted by Gasteiger charge is 2.29. The fourth-order valence-corrected chi connectivity index (χ4v) is 3.74. The number of carbonyl (C=O) groups is 1. The Morgan fingerprint density at radius 3 is 2.61 bits per heavy atom. The Morgan fingerprint density at radius 2 is 1.86 bits per heavy atom. The molecule has 0 aromatic heterocycles. The van der Waals surface area contributed by atoms with Crippen LogP contribution in [0.15, 0.2) is 72.8 Å². The number of nitrogens with zero attached hydrogens (tertiary/aromatic N) is 1. The molecule has 0 aliphatic carbocycles. The molecule has 28 heavy (non-hydrogen) atoms. The normalized spacial score (nSPS) is 15.0. The third-order valence-corrected chi connectivity index (χ3v) is 5.07. The fraction of sp³-hybridized carbons (Fsp3) is 0.208. The summed E-state index contributed by atoms with van der Waals surface area (Å²) in [5, 5.41) is 9.65. The van der Waals surface area contributed by atoms with Gasteiger partial charge in [0.15, 0.2) is 0 Å². The Bertz CT molecular complexity index is 984.